The van der Waals surface area contributed by atoms with Gasteiger partial charge in [0.25, 0.3) is 5.91 Å². The number of carbonyl (C=O) groups excluding carboxylic acids is 2. The maximum absolute atomic E-state index is 12.7. The summed E-state index contributed by atoms with van der Waals surface area (Å²) in [7, 11) is 3.20. The van der Waals surface area contributed by atoms with Crippen LogP contribution in [0.15, 0.2) is 77.8 Å². The fraction of sp³-hybridized carbons (Fsp3) is 0.387. The molecular formula is C31H43N3O3. The zero-order valence-electron chi connectivity index (χ0n) is 23.1. The number of benzene rings is 2. The number of allylic oxidation sites excluding steroid dienone is 3. The van der Waals surface area contributed by atoms with Crippen molar-refractivity contribution in [3.63, 3.8) is 0 Å². The van der Waals surface area contributed by atoms with E-state index in [-0.39, 0.29) is 17.9 Å². The number of rotatable bonds is 7. The number of aliphatic imine (C=N–C) groups is 1. The molecule has 37 heavy (non-hydrogen) atoms. The van der Waals surface area contributed by atoms with E-state index in [1.165, 1.54) is 12.6 Å². The fourth-order valence-electron chi connectivity index (χ4n) is 3.94. The number of hydrogen-bond acceptors (Lipinski definition) is 5. The van der Waals surface area contributed by atoms with E-state index >= 15 is 0 Å². The third kappa shape index (κ3) is 9.56. The van der Waals surface area contributed by atoms with Crippen LogP contribution >= 0.6 is 0 Å². The van der Waals surface area contributed by atoms with E-state index in [0.717, 1.165) is 29.5 Å². The number of carbonyl (C=O) groups is 2. The number of nitrogens with zero attached hydrogens (tertiary/aromatic N) is 2. The second kappa shape index (κ2) is 17.2. The van der Waals surface area contributed by atoms with Crippen molar-refractivity contribution < 1.29 is 14.7 Å². The van der Waals surface area contributed by atoms with Gasteiger partial charge in [0.15, 0.2) is 0 Å². The van der Waals surface area contributed by atoms with Crippen molar-refractivity contribution in [1.29, 1.82) is 0 Å². The largest absolute Gasteiger partial charge is 0.393 e. The third-order valence-electron chi connectivity index (χ3n) is 6.26. The number of aliphatic hydroxyl groups is 1. The number of hydrogen-bond donors (Lipinski definition) is 2. The molecule has 0 aliphatic carbocycles. The molecule has 1 saturated heterocycles. The summed E-state index contributed by atoms with van der Waals surface area (Å²) in [6.07, 6.45) is 9.93. The minimum absolute atomic E-state index is 0.123. The minimum Gasteiger partial charge on any atom is -0.393 e. The van der Waals surface area contributed by atoms with Gasteiger partial charge in [0.05, 0.1) is 18.7 Å². The predicted molar refractivity (Wildman–Crippen MR) is 155 cm³/mol. The lowest BCUT2D eigenvalue weighted by Crippen LogP contribution is -2.36. The van der Waals surface area contributed by atoms with E-state index in [1.807, 2.05) is 81.5 Å². The standard InChI is InChI=1S/C20H20N2O2.C10H18O.CH5N/c1-14-5-3-4-6-19(14)15-7-9-16(10-8-15)20(24)22-12-17(21-2)11-18(22)13-23;1-4-6-7-8-9(3)10(11)5-2;1-2/h3-10,13,18H,11-12H2,1-2H3;4,6-11H,5H2,1-3H3;2H2,1H3/b;6-4-,8-7-;. The summed E-state index contributed by atoms with van der Waals surface area (Å²) in [5.74, 6) is 0.137. The highest BCUT2D eigenvalue weighted by Gasteiger charge is 2.32. The summed E-state index contributed by atoms with van der Waals surface area (Å²) >= 11 is 0. The molecule has 3 N–H and O–H groups in total. The van der Waals surface area contributed by atoms with E-state index in [2.05, 4.69) is 29.8 Å². The Morgan fingerprint density at radius 1 is 1.16 bits per heavy atom. The topological polar surface area (TPSA) is 96.0 Å². The molecule has 1 fully saturated rings. The first-order chi connectivity index (χ1) is 17.9. The molecule has 0 radical (unpaired) electrons. The Balaban J connectivity index is 0.000000446. The van der Waals surface area contributed by atoms with Gasteiger partial charge in [-0.1, -0.05) is 74.5 Å². The Labute approximate surface area is 222 Å². The van der Waals surface area contributed by atoms with Crippen LogP contribution in [0.3, 0.4) is 0 Å². The average molecular weight is 506 g/mol. The van der Waals surface area contributed by atoms with Crippen molar-refractivity contribution in [1.82, 2.24) is 4.90 Å². The first kappa shape index (κ1) is 31.7. The van der Waals surface area contributed by atoms with Gasteiger partial charge in [-0.05, 0) is 56.1 Å². The van der Waals surface area contributed by atoms with Crippen molar-refractivity contribution in [2.45, 2.75) is 52.7 Å². The second-order valence-corrected chi connectivity index (χ2v) is 8.77. The van der Waals surface area contributed by atoms with Gasteiger partial charge in [-0.25, -0.2) is 0 Å². The molecule has 6 heteroatoms. The number of aryl methyl sites for hydroxylation is 1. The Kier molecular flexibility index (Phi) is 14.7. The van der Waals surface area contributed by atoms with Crippen LogP contribution in [0.1, 0.15) is 49.5 Å². The molecule has 1 aliphatic rings. The molecule has 0 aromatic heterocycles. The van der Waals surface area contributed by atoms with E-state index in [4.69, 9.17) is 0 Å². The number of amides is 1. The smallest absolute Gasteiger partial charge is 0.254 e. The maximum atomic E-state index is 12.7. The van der Waals surface area contributed by atoms with Crippen LogP contribution in [0.4, 0.5) is 0 Å². The van der Waals surface area contributed by atoms with Gasteiger partial charge >= 0.3 is 0 Å². The molecule has 1 heterocycles. The highest BCUT2D eigenvalue weighted by atomic mass is 16.3. The molecule has 1 amide bonds. The molecule has 1 aliphatic heterocycles. The lowest BCUT2D eigenvalue weighted by molar-refractivity contribution is -0.111. The second-order valence-electron chi connectivity index (χ2n) is 8.77. The Morgan fingerprint density at radius 3 is 2.35 bits per heavy atom. The number of nitrogens with two attached hydrogens (primary N) is 1. The van der Waals surface area contributed by atoms with Gasteiger partial charge in [0.1, 0.15) is 6.29 Å². The SMILES string of the molecule is C/C=C\C=C/C(C)C(O)CC.CN.CN=C1CC(C=O)N(C(=O)c2ccc(-c3ccccc3C)cc2)C1. The quantitative estimate of drug-likeness (QED) is 0.397. The van der Waals surface area contributed by atoms with Gasteiger partial charge in [0.2, 0.25) is 0 Å². The Hall–Kier alpha value is -3.35. The molecule has 3 atom stereocenters. The summed E-state index contributed by atoms with van der Waals surface area (Å²) in [5, 5.41) is 9.35. The summed E-state index contributed by atoms with van der Waals surface area (Å²) in [6, 6.07) is 15.3. The van der Waals surface area contributed by atoms with Crippen molar-refractivity contribution in [2.24, 2.45) is 16.6 Å². The van der Waals surface area contributed by atoms with Crippen LogP contribution in [0.5, 0.6) is 0 Å². The van der Waals surface area contributed by atoms with Crippen molar-refractivity contribution >= 4 is 17.9 Å². The van der Waals surface area contributed by atoms with Crippen LogP contribution in [0, 0.1) is 12.8 Å². The highest BCUT2D eigenvalue weighted by Crippen LogP contribution is 2.24. The first-order valence-corrected chi connectivity index (χ1v) is 12.8. The van der Waals surface area contributed by atoms with Crippen molar-refractivity contribution in [3.05, 3.63) is 84.0 Å². The van der Waals surface area contributed by atoms with Gasteiger partial charge in [-0.2, -0.15) is 0 Å². The van der Waals surface area contributed by atoms with Gasteiger partial charge in [-0.15, -0.1) is 0 Å². The highest BCUT2D eigenvalue weighted by molar-refractivity contribution is 6.03. The molecule has 3 rings (SSSR count). The molecule has 0 bridgehead atoms. The van der Waals surface area contributed by atoms with Crippen LogP contribution in [-0.4, -0.2) is 60.7 Å². The lowest BCUT2D eigenvalue weighted by atomic mass is 9.99. The zero-order valence-corrected chi connectivity index (χ0v) is 23.1. The zero-order chi connectivity index (χ0) is 27.8. The Bertz CT molecular complexity index is 1060. The summed E-state index contributed by atoms with van der Waals surface area (Å²) in [6.45, 7) is 8.49. The number of likely N-dealkylation sites (tertiary alicyclic amines) is 1. The summed E-state index contributed by atoms with van der Waals surface area (Å²) in [4.78, 5) is 29.7. The van der Waals surface area contributed by atoms with E-state index in [0.29, 0.717) is 18.5 Å². The minimum atomic E-state index is -0.410. The molecule has 2 aromatic carbocycles. The predicted octanol–water partition coefficient (Wildman–Crippen LogP) is 5.25. The molecule has 200 valence electrons. The molecule has 6 nitrogen and oxygen atoms in total. The maximum Gasteiger partial charge on any atom is 0.254 e. The van der Waals surface area contributed by atoms with Gasteiger partial charge in [0, 0.05) is 30.7 Å². The monoisotopic (exact) mass is 505 g/mol. The Morgan fingerprint density at radius 2 is 1.81 bits per heavy atom. The molecule has 0 saturated carbocycles. The summed E-state index contributed by atoms with van der Waals surface area (Å²) < 4.78 is 0. The molecular weight excluding hydrogens is 462 g/mol. The van der Waals surface area contributed by atoms with Crippen molar-refractivity contribution in [2.75, 3.05) is 20.6 Å². The van der Waals surface area contributed by atoms with E-state index < -0.39 is 6.04 Å². The number of aldehydes is 1. The van der Waals surface area contributed by atoms with Crippen LogP contribution in [0.2, 0.25) is 0 Å². The van der Waals surface area contributed by atoms with Crippen LogP contribution in [-0.2, 0) is 4.79 Å². The average Bonchev–Trinajstić information content (AvgIpc) is 3.38. The van der Waals surface area contributed by atoms with E-state index in [1.54, 1.807) is 11.9 Å². The molecule has 3 unspecified atom stereocenters. The fourth-order valence-corrected chi connectivity index (χ4v) is 3.94. The van der Waals surface area contributed by atoms with Gasteiger partial charge < -0.3 is 20.5 Å². The van der Waals surface area contributed by atoms with Crippen LogP contribution in [0.25, 0.3) is 11.1 Å². The normalized spacial score (nSPS) is 17.7. The summed E-state index contributed by atoms with van der Waals surface area (Å²) in [5.41, 5.74) is 9.41. The molecule has 0 spiro atoms. The third-order valence-corrected chi connectivity index (χ3v) is 6.26. The lowest BCUT2D eigenvalue weighted by Gasteiger charge is -2.20. The number of aliphatic hydroxyl groups excluding tert-OH is 1. The van der Waals surface area contributed by atoms with E-state index in [9.17, 15) is 14.7 Å². The van der Waals surface area contributed by atoms with Crippen LogP contribution < -0.4 is 5.73 Å². The van der Waals surface area contributed by atoms with Crippen molar-refractivity contribution in [3.8, 4) is 11.1 Å². The van der Waals surface area contributed by atoms with Gasteiger partial charge in [-0.3, -0.25) is 9.79 Å². The first-order valence-electron chi connectivity index (χ1n) is 12.8. The molecule has 2 aromatic rings.